The Morgan fingerprint density at radius 2 is 1.69 bits per heavy atom. The minimum absolute atomic E-state index is 0.137. The van der Waals surface area contributed by atoms with Crippen molar-refractivity contribution in [2.75, 3.05) is 59.6 Å². The molecule has 1 aromatic carbocycles. The number of carbonyl (C=O) groups excluding carboxylic acids is 5. The molecule has 342 valence electrons. The van der Waals surface area contributed by atoms with E-state index < -0.39 is 24.0 Å². The van der Waals surface area contributed by atoms with Crippen molar-refractivity contribution in [3.8, 4) is 0 Å². The minimum Gasteiger partial charge on any atom is -0.382 e. The summed E-state index contributed by atoms with van der Waals surface area (Å²) in [5.41, 5.74) is 4.13. The number of anilines is 5. The van der Waals surface area contributed by atoms with Crippen LogP contribution in [0.4, 0.5) is 33.1 Å². The van der Waals surface area contributed by atoms with E-state index in [0.29, 0.717) is 48.5 Å². The number of nitrogens with one attached hydrogen (secondary N) is 4. The number of imidazole rings is 1. The molecule has 4 heterocycles. The van der Waals surface area contributed by atoms with Crippen LogP contribution in [0.2, 0.25) is 0 Å². The van der Waals surface area contributed by atoms with Crippen molar-refractivity contribution in [2.24, 2.45) is 0 Å². The van der Waals surface area contributed by atoms with Crippen LogP contribution >= 0.6 is 0 Å². The number of benzene rings is 1. The number of hydrogen-bond donors (Lipinski definition) is 4. The first-order valence-electron chi connectivity index (χ1n) is 22.2. The van der Waals surface area contributed by atoms with Crippen molar-refractivity contribution in [1.82, 2.24) is 30.2 Å². The Bertz CT molecular complexity index is 2240. The Kier molecular flexibility index (Phi) is 18.8. The van der Waals surface area contributed by atoms with Crippen LogP contribution in [-0.4, -0.2) is 96.4 Å². The second kappa shape index (κ2) is 24.8. The summed E-state index contributed by atoms with van der Waals surface area (Å²) in [5, 5.41) is 16.0. The molecule has 0 spiro atoms. The molecule has 0 aliphatic carbocycles. The molecule has 1 aliphatic rings. The lowest BCUT2D eigenvalue weighted by molar-refractivity contribution is -0.134. The summed E-state index contributed by atoms with van der Waals surface area (Å²) in [6.07, 6.45) is 20.9. The number of allylic oxidation sites excluding steroid dienone is 3. The maximum Gasteiger partial charge on any atom is 0.271 e. The second-order valence-corrected chi connectivity index (χ2v) is 16.2. The number of pyridine rings is 1. The summed E-state index contributed by atoms with van der Waals surface area (Å²) in [5.74, 6) is -0.221. The van der Waals surface area contributed by atoms with Crippen molar-refractivity contribution in [3.63, 3.8) is 0 Å². The highest BCUT2D eigenvalue weighted by molar-refractivity contribution is 6.04. The van der Waals surface area contributed by atoms with Crippen molar-refractivity contribution in [3.05, 3.63) is 90.2 Å². The van der Waals surface area contributed by atoms with Crippen LogP contribution in [0.5, 0.6) is 0 Å². The van der Waals surface area contributed by atoms with Gasteiger partial charge in [-0.15, -0.1) is 5.10 Å². The van der Waals surface area contributed by atoms with Gasteiger partial charge in [0, 0.05) is 59.1 Å². The molecular formula is C47H62FN11O5. The van der Waals surface area contributed by atoms with E-state index in [-0.39, 0.29) is 30.3 Å². The van der Waals surface area contributed by atoms with E-state index >= 15 is 0 Å². The Hall–Kier alpha value is -6.65. The highest BCUT2D eigenvalue weighted by Crippen LogP contribution is 2.32. The zero-order valence-electron chi connectivity index (χ0n) is 37.4. The molecule has 2 atom stereocenters. The molecule has 2 unspecified atom stereocenters. The summed E-state index contributed by atoms with van der Waals surface area (Å²) in [6.45, 7) is 1.88. The Morgan fingerprint density at radius 3 is 2.34 bits per heavy atom. The number of carbonyl (C=O) groups is 5. The molecule has 3 aromatic heterocycles. The summed E-state index contributed by atoms with van der Waals surface area (Å²) < 4.78 is 14.9. The van der Waals surface area contributed by atoms with Crippen LogP contribution in [0.15, 0.2) is 78.9 Å². The Morgan fingerprint density at radius 1 is 0.953 bits per heavy atom. The number of piperidine rings is 1. The average Bonchev–Trinajstić information content (AvgIpc) is 3.72. The first-order chi connectivity index (χ1) is 31.0. The zero-order valence-corrected chi connectivity index (χ0v) is 37.4. The van der Waals surface area contributed by atoms with Gasteiger partial charge in [-0.1, -0.05) is 63.5 Å². The summed E-state index contributed by atoms with van der Waals surface area (Å²) in [4.78, 5) is 75.2. The van der Waals surface area contributed by atoms with Gasteiger partial charge in [-0.3, -0.25) is 29.3 Å². The number of aryl methyl sites for hydroxylation is 1. The van der Waals surface area contributed by atoms with E-state index in [4.69, 9.17) is 0 Å². The van der Waals surface area contributed by atoms with Crippen LogP contribution in [-0.2, 0) is 25.6 Å². The molecule has 0 saturated carbocycles. The maximum atomic E-state index is 13.5. The number of fused-ring (bicyclic) bond motifs is 1. The predicted molar refractivity (Wildman–Crippen MR) is 249 cm³/mol. The van der Waals surface area contributed by atoms with Gasteiger partial charge < -0.3 is 30.7 Å². The summed E-state index contributed by atoms with van der Waals surface area (Å²) >= 11 is 0. The van der Waals surface area contributed by atoms with Gasteiger partial charge in [0.2, 0.25) is 18.2 Å². The standard InChI is InChI=1S/C47H62FN11O5/c1-34(48)30-52-46(63)41-31-51-45-37(29-42(55-59(41)45)53-36(32-60)19-17-27-57(4)43-20-14-16-26-50-43)49-25-15-12-10-8-6-5-7-9-11-13-18-35-21-22-38(40(28-35)56(2)3)58(33-61)39-23-24-44(62)54-47(39)64/h14,16-17,19-22,26-29,31-34,39,49H,5-13,15,18,23-25,30H2,1-4H3,(H,52,63)(H,53,55)(H,54,62,64)/b27-17-,36-19+. The fraction of sp³-hybridized carbons (Fsp3) is 0.447. The molecule has 1 aliphatic heterocycles. The molecule has 0 bridgehead atoms. The molecular weight excluding hydrogens is 818 g/mol. The number of hydrogen-bond acceptors (Lipinski definition) is 12. The second-order valence-electron chi connectivity index (χ2n) is 16.2. The third-order valence-corrected chi connectivity index (χ3v) is 10.9. The lowest BCUT2D eigenvalue weighted by Crippen LogP contribution is -2.52. The number of imide groups is 1. The van der Waals surface area contributed by atoms with Crippen LogP contribution in [0, 0.1) is 0 Å². The average molecular weight is 880 g/mol. The number of halogens is 1. The van der Waals surface area contributed by atoms with Gasteiger partial charge in [0.25, 0.3) is 5.91 Å². The number of aromatic nitrogens is 4. The van der Waals surface area contributed by atoms with E-state index in [9.17, 15) is 28.4 Å². The van der Waals surface area contributed by atoms with E-state index in [1.54, 1.807) is 30.6 Å². The SMILES string of the molecule is CC(F)CNC(=O)c1cnc2c(NCCCCCCCCCCCCc3ccc(N(C=O)C4CCC(=O)NC4=O)c(N(C)C)c3)cc(N/C(C=O)=C/C=C\N(C)c3ccccn3)nn12. The maximum absolute atomic E-state index is 13.5. The van der Waals surface area contributed by atoms with Gasteiger partial charge in [-0.05, 0) is 74.6 Å². The quantitative estimate of drug-likeness (QED) is 0.0163. The van der Waals surface area contributed by atoms with E-state index in [1.807, 2.05) is 61.3 Å². The van der Waals surface area contributed by atoms with Crippen molar-refractivity contribution >= 4 is 64.8 Å². The fourth-order valence-electron chi connectivity index (χ4n) is 7.45. The molecule has 17 heteroatoms. The van der Waals surface area contributed by atoms with Crippen LogP contribution in [0.25, 0.3) is 5.65 Å². The third kappa shape index (κ3) is 14.2. The minimum atomic E-state index is -1.22. The number of unbranched alkanes of at least 4 members (excludes halogenated alkanes) is 9. The number of alkyl halides is 1. The van der Waals surface area contributed by atoms with E-state index in [0.717, 1.165) is 56.5 Å². The predicted octanol–water partition coefficient (Wildman–Crippen LogP) is 6.75. The molecule has 5 rings (SSSR count). The van der Waals surface area contributed by atoms with Gasteiger partial charge >= 0.3 is 0 Å². The number of aldehydes is 1. The first kappa shape index (κ1) is 48.4. The molecule has 4 amide bonds. The summed E-state index contributed by atoms with van der Waals surface area (Å²) in [7, 11) is 5.68. The van der Waals surface area contributed by atoms with Crippen LogP contribution in [0.3, 0.4) is 0 Å². The highest BCUT2D eigenvalue weighted by Gasteiger charge is 2.33. The highest BCUT2D eigenvalue weighted by atomic mass is 19.1. The molecule has 0 radical (unpaired) electrons. The van der Waals surface area contributed by atoms with Gasteiger partial charge in [0.05, 0.1) is 29.0 Å². The summed E-state index contributed by atoms with van der Waals surface area (Å²) in [6, 6.07) is 12.6. The van der Waals surface area contributed by atoms with Crippen molar-refractivity contribution < 1.29 is 28.4 Å². The number of nitrogens with zero attached hydrogens (tertiary/aromatic N) is 7. The molecule has 1 saturated heterocycles. The Labute approximate surface area is 374 Å². The number of rotatable bonds is 27. The van der Waals surface area contributed by atoms with Crippen LogP contribution in [0.1, 0.15) is 100 Å². The van der Waals surface area contributed by atoms with Crippen molar-refractivity contribution in [2.45, 2.75) is 103 Å². The first-order valence-corrected chi connectivity index (χ1v) is 22.2. The Balaban J connectivity index is 1.04. The van der Waals surface area contributed by atoms with Gasteiger partial charge in [-0.25, -0.2) is 18.9 Å². The molecule has 16 nitrogen and oxygen atoms in total. The molecule has 4 aromatic rings. The monoisotopic (exact) mass is 879 g/mol. The smallest absolute Gasteiger partial charge is 0.271 e. The van der Waals surface area contributed by atoms with Crippen LogP contribution < -0.4 is 36.0 Å². The topological polar surface area (TPSA) is 186 Å². The fourth-order valence-corrected chi connectivity index (χ4v) is 7.45. The zero-order chi connectivity index (χ0) is 45.8. The molecule has 4 N–H and O–H groups in total. The normalized spacial score (nSPS) is 14.6. The largest absolute Gasteiger partial charge is 0.382 e. The van der Waals surface area contributed by atoms with E-state index in [1.165, 1.54) is 53.8 Å². The third-order valence-electron chi connectivity index (χ3n) is 10.9. The van der Waals surface area contributed by atoms with Gasteiger partial charge in [0.15, 0.2) is 23.4 Å². The van der Waals surface area contributed by atoms with Gasteiger partial charge in [0.1, 0.15) is 18.0 Å². The lowest BCUT2D eigenvalue weighted by atomic mass is 10.0. The van der Waals surface area contributed by atoms with E-state index in [2.05, 4.69) is 42.4 Å². The number of amides is 4. The molecule has 64 heavy (non-hydrogen) atoms. The van der Waals surface area contributed by atoms with Gasteiger partial charge in [-0.2, -0.15) is 0 Å². The lowest BCUT2D eigenvalue weighted by Gasteiger charge is -2.32. The van der Waals surface area contributed by atoms with Crippen molar-refractivity contribution in [1.29, 1.82) is 0 Å². The molecule has 1 fully saturated rings.